The first-order valence-corrected chi connectivity index (χ1v) is 10.1. The van der Waals surface area contributed by atoms with Gasteiger partial charge in [-0.2, -0.15) is 0 Å². The summed E-state index contributed by atoms with van der Waals surface area (Å²) in [5.74, 6) is -1.21. The van der Waals surface area contributed by atoms with E-state index in [0.29, 0.717) is 22.6 Å². The number of phenolic OH excluding ortho intramolecular Hbond substituents is 1. The molecule has 1 fully saturated rings. The van der Waals surface area contributed by atoms with Crippen LogP contribution in [0.2, 0.25) is 0 Å². The third-order valence-electron chi connectivity index (χ3n) is 5.62. The molecule has 1 amide bonds. The number of aliphatic hydroxyl groups is 1. The van der Waals surface area contributed by atoms with Gasteiger partial charge in [0.1, 0.15) is 17.3 Å². The zero-order chi connectivity index (χ0) is 23.0. The highest BCUT2D eigenvalue weighted by Gasteiger charge is 2.47. The van der Waals surface area contributed by atoms with E-state index in [1.807, 2.05) is 32.0 Å². The van der Waals surface area contributed by atoms with E-state index in [1.54, 1.807) is 36.4 Å². The molecule has 6 heteroatoms. The highest BCUT2D eigenvalue weighted by atomic mass is 16.5. The highest BCUT2D eigenvalue weighted by Crippen LogP contribution is 2.43. The lowest BCUT2D eigenvalue weighted by molar-refractivity contribution is -0.132. The Morgan fingerprint density at radius 1 is 0.969 bits per heavy atom. The fourth-order valence-corrected chi connectivity index (χ4v) is 3.96. The lowest BCUT2D eigenvalue weighted by Crippen LogP contribution is -2.30. The molecule has 1 heterocycles. The second-order valence-electron chi connectivity index (χ2n) is 7.78. The van der Waals surface area contributed by atoms with Crippen molar-refractivity contribution in [1.29, 1.82) is 0 Å². The Labute approximate surface area is 186 Å². The average molecular weight is 429 g/mol. The zero-order valence-corrected chi connectivity index (χ0v) is 18.0. The molecule has 3 aromatic rings. The van der Waals surface area contributed by atoms with Gasteiger partial charge in [0.15, 0.2) is 0 Å². The van der Waals surface area contributed by atoms with Crippen molar-refractivity contribution >= 4 is 23.1 Å². The standard InChI is InChI=1S/C26H23NO5/c1-15-7-8-16(2)21(13-15)27-23(17-9-11-19(28)12-10-17)22(25(30)26(27)31)24(29)18-5-4-6-20(14-18)32-3/h4-14,23,28-29H,1-3H3/b24-22+. The molecule has 1 saturated heterocycles. The molecule has 162 valence electrons. The quantitative estimate of drug-likeness (QED) is 0.358. The summed E-state index contributed by atoms with van der Waals surface area (Å²) >= 11 is 0. The summed E-state index contributed by atoms with van der Waals surface area (Å²) in [5, 5.41) is 20.9. The fraction of sp³-hybridized carbons (Fsp3) is 0.154. The topological polar surface area (TPSA) is 87.1 Å². The number of aromatic hydroxyl groups is 1. The van der Waals surface area contributed by atoms with Gasteiger partial charge in [-0.05, 0) is 60.9 Å². The van der Waals surface area contributed by atoms with E-state index in [2.05, 4.69) is 0 Å². The number of amides is 1. The summed E-state index contributed by atoms with van der Waals surface area (Å²) in [7, 11) is 1.51. The summed E-state index contributed by atoms with van der Waals surface area (Å²) in [6.45, 7) is 3.77. The van der Waals surface area contributed by atoms with Crippen molar-refractivity contribution < 1.29 is 24.5 Å². The number of nitrogens with zero attached hydrogens (tertiary/aromatic N) is 1. The number of methoxy groups -OCH3 is 1. The van der Waals surface area contributed by atoms with Crippen LogP contribution in [0.15, 0.2) is 72.3 Å². The van der Waals surface area contributed by atoms with Gasteiger partial charge >= 0.3 is 0 Å². The maximum Gasteiger partial charge on any atom is 0.300 e. The molecule has 0 bridgehead atoms. The number of hydrogen-bond donors (Lipinski definition) is 2. The minimum absolute atomic E-state index is 0.0187. The molecule has 3 aromatic carbocycles. The summed E-state index contributed by atoms with van der Waals surface area (Å²) in [5.41, 5.74) is 3.29. The van der Waals surface area contributed by atoms with Gasteiger partial charge in [0.25, 0.3) is 11.7 Å². The van der Waals surface area contributed by atoms with Crippen LogP contribution in [0.5, 0.6) is 11.5 Å². The van der Waals surface area contributed by atoms with Crippen LogP contribution in [0.3, 0.4) is 0 Å². The van der Waals surface area contributed by atoms with Gasteiger partial charge < -0.3 is 14.9 Å². The number of phenols is 1. The van der Waals surface area contributed by atoms with Crippen molar-refractivity contribution in [3.05, 3.63) is 94.6 Å². The first-order chi connectivity index (χ1) is 15.3. The van der Waals surface area contributed by atoms with E-state index in [1.165, 1.54) is 24.1 Å². The fourth-order valence-electron chi connectivity index (χ4n) is 3.96. The normalized spacial score (nSPS) is 17.6. The van der Waals surface area contributed by atoms with Crippen LogP contribution >= 0.6 is 0 Å². The van der Waals surface area contributed by atoms with E-state index >= 15 is 0 Å². The third-order valence-corrected chi connectivity index (χ3v) is 5.62. The van der Waals surface area contributed by atoms with E-state index in [9.17, 15) is 19.8 Å². The lowest BCUT2D eigenvalue weighted by Gasteiger charge is -2.27. The monoisotopic (exact) mass is 429 g/mol. The molecule has 2 N–H and O–H groups in total. The molecule has 1 unspecified atom stereocenters. The molecule has 1 aliphatic rings. The van der Waals surface area contributed by atoms with Crippen LogP contribution in [-0.2, 0) is 9.59 Å². The predicted octanol–water partition coefficient (Wildman–Crippen LogP) is 4.64. The van der Waals surface area contributed by atoms with Gasteiger partial charge in [-0.1, -0.05) is 36.4 Å². The number of hydrogen-bond acceptors (Lipinski definition) is 5. The van der Waals surface area contributed by atoms with Crippen molar-refractivity contribution in [2.75, 3.05) is 12.0 Å². The molecule has 4 rings (SSSR count). The van der Waals surface area contributed by atoms with Gasteiger partial charge in [0, 0.05) is 11.3 Å². The Bertz CT molecular complexity index is 1240. The second-order valence-corrected chi connectivity index (χ2v) is 7.78. The number of carbonyl (C=O) groups excluding carboxylic acids is 2. The number of benzene rings is 3. The Balaban J connectivity index is 1.98. The van der Waals surface area contributed by atoms with Crippen molar-refractivity contribution in [3.8, 4) is 11.5 Å². The largest absolute Gasteiger partial charge is 0.508 e. The summed E-state index contributed by atoms with van der Waals surface area (Å²) in [6.07, 6.45) is 0. The van der Waals surface area contributed by atoms with Crippen LogP contribution in [0.4, 0.5) is 5.69 Å². The molecule has 0 spiro atoms. The number of ketones is 1. The molecule has 32 heavy (non-hydrogen) atoms. The molecule has 1 atom stereocenters. The average Bonchev–Trinajstić information content (AvgIpc) is 3.06. The van der Waals surface area contributed by atoms with E-state index < -0.39 is 17.7 Å². The minimum Gasteiger partial charge on any atom is -0.508 e. The molecular formula is C26H23NO5. The van der Waals surface area contributed by atoms with Crippen molar-refractivity contribution in [3.63, 3.8) is 0 Å². The number of ether oxygens (including phenoxy) is 1. The van der Waals surface area contributed by atoms with Gasteiger partial charge in [-0.25, -0.2) is 0 Å². The minimum atomic E-state index is -0.859. The third kappa shape index (κ3) is 3.60. The van der Waals surface area contributed by atoms with Crippen molar-refractivity contribution in [2.45, 2.75) is 19.9 Å². The lowest BCUT2D eigenvalue weighted by atomic mass is 9.94. The Hall–Kier alpha value is -4.06. The number of aliphatic hydroxyl groups excluding tert-OH is 1. The number of Topliss-reactive ketones (excluding diaryl/α,β-unsaturated/α-hetero) is 1. The van der Waals surface area contributed by atoms with Crippen LogP contribution in [0.1, 0.15) is 28.3 Å². The summed E-state index contributed by atoms with van der Waals surface area (Å²) in [6, 6.07) is 17.8. The number of carbonyl (C=O) groups is 2. The first kappa shape index (κ1) is 21.2. The zero-order valence-electron chi connectivity index (χ0n) is 18.0. The molecule has 0 radical (unpaired) electrons. The van der Waals surface area contributed by atoms with Crippen molar-refractivity contribution in [2.24, 2.45) is 0 Å². The van der Waals surface area contributed by atoms with Gasteiger partial charge in [-0.15, -0.1) is 0 Å². The molecule has 1 aliphatic heterocycles. The maximum atomic E-state index is 13.2. The number of rotatable bonds is 4. The smallest absolute Gasteiger partial charge is 0.300 e. The van der Waals surface area contributed by atoms with Crippen molar-refractivity contribution in [1.82, 2.24) is 0 Å². The van der Waals surface area contributed by atoms with E-state index in [0.717, 1.165) is 11.1 Å². The molecule has 0 saturated carbocycles. The number of aryl methyl sites for hydroxylation is 2. The predicted molar refractivity (Wildman–Crippen MR) is 122 cm³/mol. The van der Waals surface area contributed by atoms with Gasteiger partial charge in [0.05, 0.1) is 18.7 Å². The summed E-state index contributed by atoms with van der Waals surface area (Å²) in [4.78, 5) is 27.9. The molecule has 6 nitrogen and oxygen atoms in total. The van der Waals surface area contributed by atoms with Gasteiger partial charge in [-0.3, -0.25) is 14.5 Å². The SMILES string of the molecule is COc1cccc(/C(O)=C2\C(=O)C(=O)N(c3cc(C)ccc3C)C2c2ccc(O)cc2)c1. The van der Waals surface area contributed by atoms with Crippen LogP contribution < -0.4 is 9.64 Å². The highest BCUT2D eigenvalue weighted by molar-refractivity contribution is 6.51. The Morgan fingerprint density at radius 3 is 2.38 bits per heavy atom. The van der Waals surface area contributed by atoms with E-state index in [4.69, 9.17) is 4.74 Å². The molecular weight excluding hydrogens is 406 g/mol. The maximum absolute atomic E-state index is 13.2. The van der Waals surface area contributed by atoms with Gasteiger partial charge in [0.2, 0.25) is 0 Å². The van der Waals surface area contributed by atoms with Crippen LogP contribution in [0.25, 0.3) is 5.76 Å². The molecule has 0 aliphatic carbocycles. The van der Waals surface area contributed by atoms with E-state index in [-0.39, 0.29) is 17.1 Å². The van der Waals surface area contributed by atoms with Crippen LogP contribution in [0, 0.1) is 13.8 Å². The Morgan fingerprint density at radius 2 is 1.69 bits per heavy atom. The van der Waals surface area contributed by atoms with Crippen LogP contribution in [-0.4, -0.2) is 29.0 Å². The number of anilines is 1. The first-order valence-electron chi connectivity index (χ1n) is 10.1. The molecule has 0 aromatic heterocycles. The second kappa shape index (κ2) is 8.23. The summed E-state index contributed by atoms with van der Waals surface area (Å²) < 4.78 is 5.24. The Kier molecular flexibility index (Phi) is 5.45.